The molecule has 3 rings (SSSR count). The van der Waals surface area contributed by atoms with Crippen molar-refractivity contribution in [2.75, 3.05) is 0 Å². The van der Waals surface area contributed by atoms with Crippen molar-refractivity contribution >= 4 is 28.5 Å². The normalized spacial score (nSPS) is 11.9. The number of ether oxygens (including phenoxy) is 2. The minimum Gasteiger partial charge on any atom is -0.479 e. The summed E-state index contributed by atoms with van der Waals surface area (Å²) in [5.41, 5.74) is -0.0856. The number of rotatable bonds is 5. The Labute approximate surface area is 147 Å². The fraction of sp³-hybridized carbons (Fsp3) is 0.111. The van der Waals surface area contributed by atoms with E-state index in [1.54, 1.807) is 24.3 Å². The fourth-order valence-corrected chi connectivity index (χ4v) is 2.24. The molecule has 6 nitrogen and oxygen atoms in total. The van der Waals surface area contributed by atoms with Crippen LogP contribution in [0.2, 0.25) is 5.02 Å². The maximum absolute atomic E-state index is 12.5. The molecule has 1 aromatic heterocycles. The van der Waals surface area contributed by atoms with Gasteiger partial charge in [-0.05, 0) is 43.3 Å². The van der Waals surface area contributed by atoms with Crippen molar-refractivity contribution in [2.45, 2.75) is 13.0 Å². The molecule has 0 aliphatic rings. The first kappa shape index (κ1) is 16.9. The van der Waals surface area contributed by atoms with Crippen LogP contribution < -0.4 is 14.9 Å². The van der Waals surface area contributed by atoms with Crippen LogP contribution in [0.5, 0.6) is 17.2 Å². The zero-order valence-corrected chi connectivity index (χ0v) is 13.8. The van der Waals surface area contributed by atoms with Crippen molar-refractivity contribution < 1.29 is 23.8 Å². The molecule has 128 valence electrons. The summed E-state index contributed by atoms with van der Waals surface area (Å²) in [6.45, 7) is 1.41. The Bertz CT molecular complexity index is 977. The van der Waals surface area contributed by atoms with Gasteiger partial charge in [0.05, 0.1) is 5.39 Å². The lowest BCUT2D eigenvalue weighted by Gasteiger charge is -2.11. The lowest BCUT2D eigenvalue weighted by atomic mass is 10.2. The molecule has 1 atom stereocenters. The number of hydrogen-bond donors (Lipinski definition) is 1. The van der Waals surface area contributed by atoms with Gasteiger partial charge in [-0.15, -0.1) is 0 Å². The third-order valence-electron chi connectivity index (χ3n) is 3.42. The van der Waals surface area contributed by atoms with Crippen molar-refractivity contribution in [3.63, 3.8) is 0 Å². The molecular weight excluding hydrogens is 348 g/mol. The first-order valence-electron chi connectivity index (χ1n) is 7.32. The van der Waals surface area contributed by atoms with Crippen LogP contribution in [0.15, 0.2) is 57.9 Å². The molecule has 0 fully saturated rings. The highest BCUT2D eigenvalue weighted by atomic mass is 35.5. The van der Waals surface area contributed by atoms with Crippen LogP contribution in [0.25, 0.3) is 11.0 Å². The van der Waals surface area contributed by atoms with Crippen LogP contribution in [-0.2, 0) is 4.79 Å². The second-order valence-electron chi connectivity index (χ2n) is 5.24. The maximum atomic E-state index is 12.5. The molecule has 0 bridgehead atoms. The van der Waals surface area contributed by atoms with Crippen LogP contribution in [0, 0.1) is 0 Å². The predicted molar refractivity (Wildman–Crippen MR) is 91.7 cm³/mol. The van der Waals surface area contributed by atoms with Gasteiger partial charge in [0.1, 0.15) is 23.3 Å². The topological polar surface area (TPSA) is 86.0 Å². The molecule has 0 radical (unpaired) electrons. The third-order valence-corrected chi connectivity index (χ3v) is 3.67. The number of carbonyl (C=O) groups is 1. The summed E-state index contributed by atoms with van der Waals surface area (Å²) in [5, 5.41) is 9.72. The van der Waals surface area contributed by atoms with E-state index in [0.717, 1.165) is 0 Å². The average molecular weight is 361 g/mol. The summed E-state index contributed by atoms with van der Waals surface area (Å²) in [7, 11) is 0. The second kappa shape index (κ2) is 6.86. The molecule has 0 saturated carbocycles. The van der Waals surface area contributed by atoms with Crippen LogP contribution in [0.3, 0.4) is 0 Å². The van der Waals surface area contributed by atoms with E-state index in [0.29, 0.717) is 16.2 Å². The van der Waals surface area contributed by atoms with Gasteiger partial charge in [-0.25, -0.2) is 4.79 Å². The lowest BCUT2D eigenvalue weighted by molar-refractivity contribution is -0.144. The Kier molecular flexibility index (Phi) is 4.63. The Hall–Kier alpha value is -2.99. The number of aliphatic carboxylic acids is 1. The molecule has 0 saturated heterocycles. The number of hydrogen-bond acceptors (Lipinski definition) is 5. The van der Waals surface area contributed by atoms with E-state index in [4.69, 9.17) is 30.6 Å². The van der Waals surface area contributed by atoms with Crippen molar-refractivity contribution in [1.82, 2.24) is 0 Å². The number of benzene rings is 2. The van der Waals surface area contributed by atoms with Crippen molar-refractivity contribution in [2.24, 2.45) is 0 Å². The molecule has 0 amide bonds. The molecule has 1 unspecified atom stereocenters. The van der Waals surface area contributed by atoms with Crippen LogP contribution in [-0.4, -0.2) is 17.2 Å². The summed E-state index contributed by atoms with van der Waals surface area (Å²) in [6, 6.07) is 11.0. The smallest absolute Gasteiger partial charge is 0.344 e. The van der Waals surface area contributed by atoms with Crippen LogP contribution >= 0.6 is 11.6 Å². The molecule has 0 aliphatic carbocycles. The minimum absolute atomic E-state index is 0.0300. The summed E-state index contributed by atoms with van der Waals surface area (Å²) < 4.78 is 16.2. The summed E-state index contributed by atoms with van der Waals surface area (Å²) >= 11 is 5.81. The SMILES string of the molecule is CC(Oc1ccc2c(=O)c(Oc3ccc(Cl)cc3)coc2c1)C(=O)O. The zero-order chi connectivity index (χ0) is 18.0. The lowest BCUT2D eigenvalue weighted by Crippen LogP contribution is -2.22. The van der Waals surface area contributed by atoms with Gasteiger partial charge in [0.25, 0.3) is 0 Å². The van der Waals surface area contributed by atoms with Crippen molar-refractivity contribution in [3.8, 4) is 17.2 Å². The highest BCUT2D eigenvalue weighted by molar-refractivity contribution is 6.30. The van der Waals surface area contributed by atoms with E-state index in [-0.39, 0.29) is 22.5 Å². The van der Waals surface area contributed by atoms with E-state index < -0.39 is 12.1 Å². The molecule has 0 spiro atoms. The Morgan fingerprint density at radius 2 is 1.84 bits per heavy atom. The molecule has 2 aromatic carbocycles. The Balaban J connectivity index is 1.91. The zero-order valence-electron chi connectivity index (χ0n) is 13.1. The van der Waals surface area contributed by atoms with Gasteiger partial charge in [-0.2, -0.15) is 0 Å². The molecular formula is C18H13ClO6. The monoisotopic (exact) mass is 360 g/mol. The van der Waals surface area contributed by atoms with E-state index >= 15 is 0 Å². The molecule has 0 aliphatic heterocycles. The van der Waals surface area contributed by atoms with Crippen molar-refractivity contribution in [1.29, 1.82) is 0 Å². The highest BCUT2D eigenvalue weighted by Gasteiger charge is 2.14. The average Bonchev–Trinajstić information content (AvgIpc) is 2.59. The van der Waals surface area contributed by atoms with Crippen LogP contribution in [0.4, 0.5) is 0 Å². The van der Waals surface area contributed by atoms with Gasteiger partial charge in [-0.1, -0.05) is 11.6 Å². The standard InChI is InChI=1S/C18H13ClO6/c1-10(18(21)22)24-13-6-7-14-15(8-13)23-9-16(17(14)20)25-12-4-2-11(19)3-5-12/h2-10H,1H3,(H,21,22). The van der Waals surface area contributed by atoms with E-state index in [1.807, 2.05) is 0 Å². The number of carboxylic acids is 1. The Morgan fingerprint density at radius 1 is 1.16 bits per heavy atom. The molecule has 1 heterocycles. The van der Waals surface area contributed by atoms with Crippen LogP contribution in [0.1, 0.15) is 6.92 Å². The minimum atomic E-state index is -1.09. The summed E-state index contributed by atoms with van der Waals surface area (Å²) in [6.07, 6.45) is 0.181. The predicted octanol–water partition coefficient (Wildman–Crippen LogP) is 4.09. The molecule has 25 heavy (non-hydrogen) atoms. The Morgan fingerprint density at radius 3 is 2.52 bits per heavy atom. The number of fused-ring (bicyclic) bond motifs is 1. The van der Waals surface area contributed by atoms with Crippen molar-refractivity contribution in [3.05, 3.63) is 64.0 Å². The van der Waals surface area contributed by atoms with Gasteiger partial charge in [-0.3, -0.25) is 4.79 Å². The van der Waals surface area contributed by atoms with E-state index in [9.17, 15) is 9.59 Å². The first-order valence-corrected chi connectivity index (χ1v) is 7.70. The summed E-state index contributed by atoms with van der Waals surface area (Å²) in [5.74, 6) is -0.320. The quantitative estimate of drug-likeness (QED) is 0.737. The number of carboxylic acid groups (broad SMARTS) is 1. The fourth-order valence-electron chi connectivity index (χ4n) is 2.12. The first-order chi connectivity index (χ1) is 11.9. The third kappa shape index (κ3) is 3.75. The van der Waals surface area contributed by atoms with E-state index in [2.05, 4.69) is 0 Å². The number of halogens is 1. The maximum Gasteiger partial charge on any atom is 0.344 e. The molecule has 1 N–H and O–H groups in total. The van der Waals surface area contributed by atoms with Gasteiger partial charge in [0, 0.05) is 11.1 Å². The van der Waals surface area contributed by atoms with Gasteiger partial charge in [0.2, 0.25) is 11.2 Å². The van der Waals surface area contributed by atoms with Gasteiger partial charge in [0.15, 0.2) is 6.10 Å². The van der Waals surface area contributed by atoms with Gasteiger partial charge < -0.3 is 19.0 Å². The van der Waals surface area contributed by atoms with E-state index in [1.165, 1.54) is 31.4 Å². The molecule has 3 aromatic rings. The highest BCUT2D eigenvalue weighted by Crippen LogP contribution is 2.25. The van der Waals surface area contributed by atoms with Gasteiger partial charge >= 0.3 is 5.97 Å². The second-order valence-corrected chi connectivity index (χ2v) is 5.68. The summed E-state index contributed by atoms with van der Waals surface area (Å²) in [4.78, 5) is 23.3. The largest absolute Gasteiger partial charge is 0.479 e. The molecule has 7 heteroatoms.